The van der Waals surface area contributed by atoms with Crippen LogP contribution in [-0.4, -0.2) is 32.4 Å². The third-order valence-electron chi connectivity index (χ3n) is 2.71. The van der Waals surface area contributed by atoms with E-state index in [0.717, 1.165) is 6.26 Å². The van der Waals surface area contributed by atoms with Crippen LogP contribution in [0.1, 0.15) is 17.9 Å². The van der Waals surface area contributed by atoms with Crippen LogP contribution in [0.2, 0.25) is 0 Å². The first kappa shape index (κ1) is 11.9. The first-order valence-electron chi connectivity index (χ1n) is 5.06. The van der Waals surface area contributed by atoms with Crippen molar-refractivity contribution < 1.29 is 23.1 Å². The van der Waals surface area contributed by atoms with Gasteiger partial charge in [-0.15, -0.1) is 0 Å². The van der Waals surface area contributed by atoms with Crippen LogP contribution in [0.15, 0.2) is 23.1 Å². The second kappa shape index (κ2) is 4.03. The Morgan fingerprint density at radius 2 is 2.24 bits per heavy atom. The lowest BCUT2D eigenvalue weighted by molar-refractivity contribution is -0.137. The molecular formula is C11H12O5S. The van der Waals surface area contributed by atoms with Crippen molar-refractivity contribution in [3.8, 4) is 5.75 Å². The van der Waals surface area contributed by atoms with E-state index in [1.807, 2.05) is 0 Å². The zero-order valence-electron chi connectivity index (χ0n) is 9.21. The average Bonchev–Trinajstić information content (AvgIpc) is 2.59. The number of ether oxygens (including phenoxy) is 1. The van der Waals surface area contributed by atoms with E-state index in [4.69, 9.17) is 9.84 Å². The highest BCUT2D eigenvalue weighted by Crippen LogP contribution is 2.37. The monoisotopic (exact) mass is 256 g/mol. The molecule has 0 amide bonds. The summed E-state index contributed by atoms with van der Waals surface area (Å²) in [6.07, 6.45) is 1.07. The van der Waals surface area contributed by atoms with Gasteiger partial charge in [-0.3, -0.25) is 4.79 Å². The van der Waals surface area contributed by atoms with Gasteiger partial charge in [0.05, 0.1) is 17.9 Å². The van der Waals surface area contributed by atoms with Crippen molar-refractivity contribution in [2.75, 3.05) is 12.9 Å². The summed E-state index contributed by atoms with van der Waals surface area (Å²) in [5, 5.41) is 8.75. The van der Waals surface area contributed by atoms with Crippen molar-refractivity contribution >= 4 is 15.8 Å². The molecule has 5 nitrogen and oxygen atoms in total. The van der Waals surface area contributed by atoms with Gasteiger partial charge in [0.15, 0.2) is 9.84 Å². The normalized spacial score (nSPS) is 18.5. The van der Waals surface area contributed by atoms with Gasteiger partial charge in [0.1, 0.15) is 5.75 Å². The highest BCUT2D eigenvalue weighted by molar-refractivity contribution is 7.90. The molecule has 0 radical (unpaired) electrons. The second-order valence-electron chi connectivity index (χ2n) is 4.08. The van der Waals surface area contributed by atoms with E-state index in [9.17, 15) is 13.2 Å². The van der Waals surface area contributed by atoms with Crippen LogP contribution in [0.5, 0.6) is 5.75 Å². The van der Waals surface area contributed by atoms with E-state index in [0.29, 0.717) is 11.3 Å². The highest BCUT2D eigenvalue weighted by atomic mass is 32.2. The minimum absolute atomic E-state index is 0.0553. The van der Waals surface area contributed by atoms with Gasteiger partial charge in [-0.25, -0.2) is 8.42 Å². The van der Waals surface area contributed by atoms with Gasteiger partial charge in [0, 0.05) is 17.7 Å². The van der Waals surface area contributed by atoms with E-state index in [1.54, 1.807) is 6.07 Å². The van der Waals surface area contributed by atoms with Crippen LogP contribution in [0.4, 0.5) is 0 Å². The summed E-state index contributed by atoms with van der Waals surface area (Å²) in [6.45, 7) is 0.287. The van der Waals surface area contributed by atoms with Crippen LogP contribution >= 0.6 is 0 Å². The summed E-state index contributed by atoms with van der Waals surface area (Å²) in [5.74, 6) is -0.621. The molecule has 0 aromatic heterocycles. The number of carbonyl (C=O) groups is 1. The number of hydrogen-bond acceptors (Lipinski definition) is 4. The molecular weight excluding hydrogens is 244 g/mol. The van der Waals surface area contributed by atoms with Crippen LogP contribution < -0.4 is 4.74 Å². The topological polar surface area (TPSA) is 80.7 Å². The lowest BCUT2D eigenvalue weighted by atomic mass is 9.98. The van der Waals surface area contributed by atoms with Gasteiger partial charge in [0.2, 0.25) is 0 Å². The minimum Gasteiger partial charge on any atom is -0.493 e. The van der Waals surface area contributed by atoms with Crippen molar-refractivity contribution in [3.63, 3.8) is 0 Å². The molecule has 6 heteroatoms. The molecule has 0 spiro atoms. The third kappa shape index (κ3) is 2.41. The molecule has 17 heavy (non-hydrogen) atoms. The largest absolute Gasteiger partial charge is 0.493 e. The Hall–Kier alpha value is -1.56. The zero-order valence-corrected chi connectivity index (χ0v) is 10.0. The minimum atomic E-state index is -3.28. The zero-order chi connectivity index (χ0) is 12.6. The molecule has 1 aliphatic heterocycles. The number of benzene rings is 1. The summed E-state index contributed by atoms with van der Waals surface area (Å²) in [5.41, 5.74) is 0.662. The number of rotatable bonds is 3. The van der Waals surface area contributed by atoms with Gasteiger partial charge >= 0.3 is 5.97 Å². The van der Waals surface area contributed by atoms with Crippen molar-refractivity contribution in [1.29, 1.82) is 0 Å². The van der Waals surface area contributed by atoms with Crippen molar-refractivity contribution in [1.82, 2.24) is 0 Å². The fourth-order valence-corrected chi connectivity index (χ4v) is 2.52. The molecule has 0 fully saturated rings. The van der Waals surface area contributed by atoms with Gasteiger partial charge in [-0.05, 0) is 18.2 Å². The van der Waals surface area contributed by atoms with E-state index in [-0.39, 0.29) is 23.8 Å². The summed E-state index contributed by atoms with van der Waals surface area (Å²) in [6, 6.07) is 4.55. The number of hydrogen-bond donors (Lipinski definition) is 1. The highest BCUT2D eigenvalue weighted by Gasteiger charge is 2.27. The van der Waals surface area contributed by atoms with E-state index in [2.05, 4.69) is 0 Å². The summed E-state index contributed by atoms with van der Waals surface area (Å²) >= 11 is 0. The smallest absolute Gasteiger partial charge is 0.304 e. The summed E-state index contributed by atoms with van der Waals surface area (Å²) in [4.78, 5) is 10.9. The fraction of sp³-hybridized carbons (Fsp3) is 0.364. The first-order valence-corrected chi connectivity index (χ1v) is 6.95. The number of carboxylic acids is 1. The molecule has 0 bridgehead atoms. The molecule has 1 N–H and O–H groups in total. The van der Waals surface area contributed by atoms with Crippen LogP contribution in [0.25, 0.3) is 0 Å². The average molecular weight is 256 g/mol. The van der Waals surface area contributed by atoms with E-state index < -0.39 is 15.8 Å². The molecule has 1 aromatic rings. The lowest BCUT2D eigenvalue weighted by Gasteiger charge is -2.06. The van der Waals surface area contributed by atoms with E-state index in [1.165, 1.54) is 12.1 Å². The molecule has 1 aliphatic rings. The molecule has 2 rings (SSSR count). The quantitative estimate of drug-likeness (QED) is 0.874. The Morgan fingerprint density at radius 1 is 1.53 bits per heavy atom. The fourth-order valence-electron chi connectivity index (χ4n) is 1.87. The van der Waals surface area contributed by atoms with Crippen molar-refractivity contribution in [2.24, 2.45) is 0 Å². The Bertz CT molecular complexity index is 561. The standard InChI is InChI=1S/C11H12O5S/c1-17(14,15)8-2-3-10-9(5-8)7(6-16-10)4-11(12)13/h2-3,5,7H,4,6H2,1H3,(H,12,13). The maximum Gasteiger partial charge on any atom is 0.304 e. The first-order chi connectivity index (χ1) is 7.88. The molecule has 1 atom stereocenters. The van der Waals surface area contributed by atoms with Crippen LogP contribution in [0.3, 0.4) is 0 Å². The molecule has 0 saturated heterocycles. The van der Waals surface area contributed by atoms with Crippen molar-refractivity contribution in [2.45, 2.75) is 17.2 Å². The van der Waals surface area contributed by atoms with Gasteiger partial charge in [0.25, 0.3) is 0 Å². The molecule has 92 valence electrons. The molecule has 0 saturated carbocycles. The van der Waals surface area contributed by atoms with Crippen LogP contribution in [0, 0.1) is 0 Å². The second-order valence-corrected chi connectivity index (χ2v) is 6.09. The van der Waals surface area contributed by atoms with Gasteiger partial charge in [-0.2, -0.15) is 0 Å². The summed E-state index contributed by atoms with van der Waals surface area (Å²) in [7, 11) is -3.28. The Labute approximate surface area is 98.9 Å². The third-order valence-corrected chi connectivity index (χ3v) is 3.82. The van der Waals surface area contributed by atoms with Crippen molar-refractivity contribution in [3.05, 3.63) is 23.8 Å². The maximum absolute atomic E-state index is 11.4. The maximum atomic E-state index is 11.4. The predicted molar refractivity (Wildman–Crippen MR) is 60.0 cm³/mol. The number of sulfone groups is 1. The van der Waals surface area contributed by atoms with E-state index >= 15 is 0 Å². The molecule has 0 aliphatic carbocycles. The molecule has 1 unspecified atom stereocenters. The molecule has 1 heterocycles. The lowest BCUT2D eigenvalue weighted by Crippen LogP contribution is -2.07. The number of carboxylic acid groups (broad SMARTS) is 1. The number of aliphatic carboxylic acids is 1. The van der Waals surface area contributed by atoms with Gasteiger partial charge in [-0.1, -0.05) is 0 Å². The van der Waals surface area contributed by atoms with Crippen LogP contribution in [-0.2, 0) is 14.6 Å². The Balaban J connectivity index is 2.40. The molecule has 1 aromatic carbocycles. The Morgan fingerprint density at radius 3 is 2.82 bits per heavy atom. The SMILES string of the molecule is CS(=O)(=O)c1ccc2c(c1)C(CC(=O)O)CO2. The Kier molecular flexibility index (Phi) is 2.82. The summed E-state index contributed by atoms with van der Waals surface area (Å²) < 4.78 is 28.1. The predicted octanol–water partition coefficient (Wildman–Crippen LogP) is 1.04. The van der Waals surface area contributed by atoms with Gasteiger partial charge < -0.3 is 9.84 Å². The number of fused-ring (bicyclic) bond motifs is 1.